The SMILES string of the molecule is C=CCC(O)CCP(=O)(O)O. The lowest BCUT2D eigenvalue weighted by Crippen LogP contribution is -2.07. The average Bonchev–Trinajstić information content (AvgIpc) is 1.83. The molecule has 0 heterocycles. The summed E-state index contributed by atoms with van der Waals surface area (Å²) in [6.45, 7) is 3.39. The second-order valence-corrected chi connectivity index (χ2v) is 4.13. The van der Waals surface area contributed by atoms with Crippen molar-refractivity contribution < 1.29 is 19.5 Å². The van der Waals surface area contributed by atoms with E-state index in [-0.39, 0.29) is 12.6 Å². The highest BCUT2D eigenvalue weighted by molar-refractivity contribution is 7.51. The third-order valence-electron chi connectivity index (χ3n) is 1.19. The minimum absolute atomic E-state index is 0.121. The molecule has 0 spiro atoms. The Hall–Kier alpha value is -0.150. The molecular weight excluding hydrogens is 167 g/mol. The molecule has 0 radical (unpaired) electrons. The van der Waals surface area contributed by atoms with Crippen molar-refractivity contribution in [2.75, 3.05) is 6.16 Å². The number of aliphatic hydroxyl groups excluding tert-OH is 1. The molecule has 66 valence electrons. The van der Waals surface area contributed by atoms with Crippen LogP contribution >= 0.6 is 7.60 Å². The molecule has 3 N–H and O–H groups in total. The van der Waals surface area contributed by atoms with E-state index in [1.165, 1.54) is 6.08 Å². The van der Waals surface area contributed by atoms with Crippen LogP contribution in [-0.4, -0.2) is 27.2 Å². The second kappa shape index (κ2) is 4.67. The summed E-state index contributed by atoms with van der Waals surface area (Å²) in [4.78, 5) is 16.8. The maximum absolute atomic E-state index is 10.3. The zero-order chi connectivity index (χ0) is 8.91. The summed E-state index contributed by atoms with van der Waals surface area (Å²) < 4.78 is 10.3. The molecule has 1 unspecified atom stereocenters. The standard InChI is InChI=1S/C6H13O4P/c1-2-3-6(7)4-5-11(8,9)10/h2,6-7H,1,3-5H2,(H2,8,9,10). The molecule has 0 bridgehead atoms. The van der Waals surface area contributed by atoms with Crippen LogP contribution in [0.5, 0.6) is 0 Å². The number of hydrogen-bond donors (Lipinski definition) is 3. The van der Waals surface area contributed by atoms with Crippen LogP contribution in [0.15, 0.2) is 12.7 Å². The molecule has 5 heteroatoms. The van der Waals surface area contributed by atoms with Crippen LogP contribution in [0.2, 0.25) is 0 Å². The van der Waals surface area contributed by atoms with E-state index in [1.807, 2.05) is 0 Å². The molecule has 1 atom stereocenters. The zero-order valence-electron chi connectivity index (χ0n) is 6.18. The minimum Gasteiger partial charge on any atom is -0.393 e. The molecule has 0 aliphatic carbocycles. The minimum atomic E-state index is -3.94. The molecule has 0 saturated heterocycles. The Morgan fingerprint density at radius 2 is 2.09 bits per heavy atom. The number of aliphatic hydroxyl groups is 1. The molecule has 0 rings (SSSR count). The van der Waals surface area contributed by atoms with Crippen LogP contribution in [0.4, 0.5) is 0 Å². The molecule has 0 fully saturated rings. The molecule has 0 aromatic carbocycles. The lowest BCUT2D eigenvalue weighted by molar-refractivity contribution is 0.172. The van der Waals surface area contributed by atoms with Gasteiger partial charge in [0, 0.05) is 0 Å². The van der Waals surface area contributed by atoms with Crippen LogP contribution < -0.4 is 0 Å². The van der Waals surface area contributed by atoms with Gasteiger partial charge in [0.2, 0.25) is 0 Å². The molecule has 0 aromatic rings. The first-order valence-electron chi connectivity index (χ1n) is 3.29. The van der Waals surface area contributed by atoms with E-state index in [1.54, 1.807) is 0 Å². The number of hydrogen-bond acceptors (Lipinski definition) is 2. The van der Waals surface area contributed by atoms with Crippen LogP contribution in [0.1, 0.15) is 12.8 Å². The summed E-state index contributed by atoms with van der Waals surface area (Å²) >= 11 is 0. The molecular formula is C6H13O4P. The van der Waals surface area contributed by atoms with Crippen LogP contribution in [0, 0.1) is 0 Å². The third kappa shape index (κ3) is 7.75. The van der Waals surface area contributed by atoms with Gasteiger partial charge in [-0.15, -0.1) is 6.58 Å². The van der Waals surface area contributed by atoms with E-state index in [9.17, 15) is 4.57 Å². The molecule has 0 aliphatic heterocycles. The Bertz CT molecular complexity index is 162. The highest BCUT2D eigenvalue weighted by Crippen LogP contribution is 2.35. The van der Waals surface area contributed by atoms with Gasteiger partial charge in [0.15, 0.2) is 0 Å². The summed E-state index contributed by atoms with van der Waals surface area (Å²) in [6.07, 6.45) is 1.07. The monoisotopic (exact) mass is 180 g/mol. The van der Waals surface area contributed by atoms with Gasteiger partial charge in [-0.3, -0.25) is 4.57 Å². The fourth-order valence-electron chi connectivity index (χ4n) is 0.627. The highest BCUT2D eigenvalue weighted by atomic mass is 31.2. The first kappa shape index (κ1) is 10.8. The summed E-state index contributed by atoms with van der Waals surface area (Å²) in [5, 5.41) is 9.00. The van der Waals surface area contributed by atoms with Crippen molar-refractivity contribution in [3.8, 4) is 0 Å². The smallest absolute Gasteiger partial charge is 0.325 e. The Labute approximate surface area is 65.7 Å². The summed E-state index contributed by atoms with van der Waals surface area (Å²) in [6, 6.07) is 0. The molecule has 0 saturated carbocycles. The van der Waals surface area contributed by atoms with Gasteiger partial charge >= 0.3 is 7.60 Å². The van der Waals surface area contributed by atoms with Gasteiger partial charge in [0.25, 0.3) is 0 Å². The fourth-order valence-corrected chi connectivity index (χ4v) is 1.26. The quantitative estimate of drug-likeness (QED) is 0.425. The van der Waals surface area contributed by atoms with Gasteiger partial charge in [-0.25, -0.2) is 0 Å². The van der Waals surface area contributed by atoms with Gasteiger partial charge in [-0.2, -0.15) is 0 Å². The van der Waals surface area contributed by atoms with Crippen molar-refractivity contribution in [2.24, 2.45) is 0 Å². The normalized spacial score (nSPS) is 14.5. The highest BCUT2D eigenvalue weighted by Gasteiger charge is 2.14. The predicted molar refractivity (Wildman–Crippen MR) is 42.3 cm³/mol. The lowest BCUT2D eigenvalue weighted by Gasteiger charge is -2.07. The third-order valence-corrected chi connectivity index (χ3v) is 2.03. The van der Waals surface area contributed by atoms with E-state index in [2.05, 4.69) is 6.58 Å². The maximum Gasteiger partial charge on any atom is 0.325 e. The lowest BCUT2D eigenvalue weighted by atomic mass is 10.2. The maximum atomic E-state index is 10.3. The Balaban J connectivity index is 3.53. The van der Waals surface area contributed by atoms with Gasteiger partial charge in [-0.1, -0.05) is 6.08 Å². The van der Waals surface area contributed by atoms with Crippen LogP contribution in [0.25, 0.3) is 0 Å². The molecule has 0 amide bonds. The van der Waals surface area contributed by atoms with E-state index in [4.69, 9.17) is 14.9 Å². The molecule has 11 heavy (non-hydrogen) atoms. The van der Waals surface area contributed by atoms with Crippen molar-refractivity contribution in [3.05, 3.63) is 12.7 Å². The zero-order valence-corrected chi connectivity index (χ0v) is 7.07. The number of rotatable bonds is 5. The second-order valence-electron chi connectivity index (χ2n) is 2.36. The topological polar surface area (TPSA) is 77.8 Å². The van der Waals surface area contributed by atoms with Crippen molar-refractivity contribution in [1.29, 1.82) is 0 Å². The van der Waals surface area contributed by atoms with Crippen molar-refractivity contribution in [2.45, 2.75) is 18.9 Å². The van der Waals surface area contributed by atoms with E-state index >= 15 is 0 Å². The first-order valence-corrected chi connectivity index (χ1v) is 5.09. The van der Waals surface area contributed by atoms with E-state index < -0.39 is 13.7 Å². The van der Waals surface area contributed by atoms with Crippen LogP contribution in [-0.2, 0) is 4.57 Å². The predicted octanol–water partition coefficient (Wildman–Crippen LogP) is 0.491. The van der Waals surface area contributed by atoms with Gasteiger partial charge in [0.1, 0.15) is 0 Å². The Kier molecular flexibility index (Phi) is 4.61. The van der Waals surface area contributed by atoms with Gasteiger partial charge < -0.3 is 14.9 Å². The summed E-state index contributed by atoms with van der Waals surface area (Å²) in [5.41, 5.74) is 0. The summed E-state index contributed by atoms with van der Waals surface area (Å²) in [7, 11) is -3.94. The Morgan fingerprint density at radius 3 is 2.45 bits per heavy atom. The van der Waals surface area contributed by atoms with E-state index in [0.717, 1.165) is 0 Å². The molecule has 0 aliphatic rings. The van der Waals surface area contributed by atoms with Crippen molar-refractivity contribution in [1.82, 2.24) is 0 Å². The summed E-state index contributed by atoms with van der Waals surface area (Å²) in [5.74, 6) is 0. The van der Waals surface area contributed by atoms with Gasteiger partial charge in [-0.05, 0) is 12.8 Å². The molecule has 4 nitrogen and oxygen atoms in total. The van der Waals surface area contributed by atoms with Crippen molar-refractivity contribution >= 4 is 7.60 Å². The first-order chi connectivity index (χ1) is 4.95. The molecule has 0 aromatic heterocycles. The van der Waals surface area contributed by atoms with Crippen LogP contribution in [0.3, 0.4) is 0 Å². The average molecular weight is 180 g/mol. The largest absolute Gasteiger partial charge is 0.393 e. The van der Waals surface area contributed by atoms with Gasteiger partial charge in [0.05, 0.1) is 12.3 Å². The Morgan fingerprint density at radius 1 is 1.55 bits per heavy atom. The van der Waals surface area contributed by atoms with E-state index in [0.29, 0.717) is 6.42 Å². The van der Waals surface area contributed by atoms with Crippen molar-refractivity contribution in [3.63, 3.8) is 0 Å². The fraction of sp³-hybridized carbons (Fsp3) is 0.667.